The quantitative estimate of drug-likeness (QED) is 0.195. The molecule has 1 aliphatic carbocycles. The van der Waals surface area contributed by atoms with Gasteiger partial charge in [0.1, 0.15) is 5.75 Å². The second-order valence-electron chi connectivity index (χ2n) is 9.23. The van der Waals surface area contributed by atoms with E-state index in [4.69, 9.17) is 4.74 Å². The van der Waals surface area contributed by atoms with Crippen LogP contribution in [0, 0.1) is 5.92 Å². The number of allylic oxidation sites excluding steroid dienone is 2. The van der Waals surface area contributed by atoms with Crippen LogP contribution in [0.2, 0.25) is 0 Å². The van der Waals surface area contributed by atoms with Crippen molar-refractivity contribution in [3.63, 3.8) is 0 Å². The summed E-state index contributed by atoms with van der Waals surface area (Å²) in [5.41, 5.74) is 2.84. The van der Waals surface area contributed by atoms with Crippen LogP contribution < -0.4 is 4.74 Å². The Labute approximate surface area is 189 Å². The molecule has 0 spiro atoms. The van der Waals surface area contributed by atoms with Gasteiger partial charge in [-0.2, -0.15) is 0 Å². The third kappa shape index (κ3) is 7.52. The maximum atomic E-state index is 11.9. The van der Waals surface area contributed by atoms with E-state index in [0.29, 0.717) is 12.2 Å². The Morgan fingerprint density at radius 3 is 2.42 bits per heavy atom. The molecular formula is C29H40O2. The van der Waals surface area contributed by atoms with Crippen LogP contribution in [0.1, 0.15) is 103 Å². The smallest absolute Gasteiger partial charge is 0.311 e. The predicted molar refractivity (Wildman–Crippen MR) is 132 cm³/mol. The number of benzene rings is 2. The van der Waals surface area contributed by atoms with Gasteiger partial charge in [-0.05, 0) is 71.7 Å². The Hall–Kier alpha value is -2.09. The van der Waals surface area contributed by atoms with Crippen LogP contribution in [-0.4, -0.2) is 5.97 Å². The number of unbranched alkanes of at least 4 members (excludes halogenated alkanes) is 6. The lowest BCUT2D eigenvalue weighted by Gasteiger charge is -2.22. The van der Waals surface area contributed by atoms with Crippen molar-refractivity contribution in [1.29, 1.82) is 0 Å². The van der Waals surface area contributed by atoms with E-state index in [2.05, 4.69) is 44.2 Å². The van der Waals surface area contributed by atoms with Crippen LogP contribution >= 0.6 is 0 Å². The van der Waals surface area contributed by atoms with E-state index in [1.807, 2.05) is 12.1 Å². The van der Waals surface area contributed by atoms with Gasteiger partial charge in [-0.1, -0.05) is 89.5 Å². The van der Waals surface area contributed by atoms with Crippen LogP contribution in [0.15, 0.2) is 42.5 Å². The molecule has 0 saturated carbocycles. The SMILES string of the molecule is CCCCCCCCC1CC=C(c2ccc3cc(OC(=O)CCCC)ccc3c2)CC1. The second kappa shape index (κ2) is 12.7. The maximum Gasteiger partial charge on any atom is 0.311 e. The Kier molecular flexibility index (Phi) is 9.65. The summed E-state index contributed by atoms with van der Waals surface area (Å²) in [5.74, 6) is 1.39. The van der Waals surface area contributed by atoms with E-state index in [1.54, 1.807) is 0 Å². The molecule has 0 amide bonds. The first-order valence-corrected chi connectivity index (χ1v) is 12.6. The molecule has 0 bridgehead atoms. The molecule has 1 aliphatic rings. The van der Waals surface area contributed by atoms with Gasteiger partial charge < -0.3 is 4.74 Å². The van der Waals surface area contributed by atoms with Gasteiger partial charge in [-0.3, -0.25) is 4.79 Å². The van der Waals surface area contributed by atoms with Gasteiger partial charge in [-0.15, -0.1) is 0 Å². The number of carbonyl (C=O) groups excluding carboxylic acids is 1. The highest BCUT2D eigenvalue weighted by molar-refractivity contribution is 5.88. The second-order valence-corrected chi connectivity index (χ2v) is 9.23. The van der Waals surface area contributed by atoms with Gasteiger partial charge in [0.2, 0.25) is 0 Å². The molecule has 31 heavy (non-hydrogen) atoms. The van der Waals surface area contributed by atoms with E-state index in [9.17, 15) is 4.79 Å². The highest BCUT2D eigenvalue weighted by atomic mass is 16.5. The van der Waals surface area contributed by atoms with Crippen molar-refractivity contribution in [1.82, 2.24) is 0 Å². The maximum absolute atomic E-state index is 11.9. The number of ether oxygens (including phenoxy) is 1. The number of esters is 1. The first-order chi connectivity index (χ1) is 15.2. The topological polar surface area (TPSA) is 26.3 Å². The zero-order chi connectivity index (χ0) is 21.9. The zero-order valence-electron chi connectivity index (χ0n) is 19.6. The van der Waals surface area contributed by atoms with E-state index >= 15 is 0 Å². The van der Waals surface area contributed by atoms with Crippen LogP contribution in [-0.2, 0) is 4.79 Å². The molecule has 0 heterocycles. The Bertz CT molecular complexity index is 864. The number of hydrogen-bond donors (Lipinski definition) is 0. The van der Waals surface area contributed by atoms with E-state index < -0.39 is 0 Å². The molecule has 168 valence electrons. The molecule has 0 saturated heterocycles. The molecule has 1 unspecified atom stereocenters. The average Bonchev–Trinajstić information content (AvgIpc) is 2.80. The average molecular weight is 421 g/mol. The van der Waals surface area contributed by atoms with Gasteiger partial charge in [0.25, 0.3) is 0 Å². The fourth-order valence-corrected chi connectivity index (χ4v) is 4.62. The van der Waals surface area contributed by atoms with Crippen molar-refractivity contribution in [2.24, 2.45) is 5.92 Å². The van der Waals surface area contributed by atoms with Crippen LogP contribution in [0.4, 0.5) is 0 Å². The Morgan fingerprint density at radius 1 is 0.903 bits per heavy atom. The number of fused-ring (bicyclic) bond motifs is 1. The minimum Gasteiger partial charge on any atom is -0.427 e. The number of hydrogen-bond acceptors (Lipinski definition) is 2. The molecule has 0 aromatic heterocycles. The van der Waals surface area contributed by atoms with Crippen molar-refractivity contribution in [3.05, 3.63) is 48.0 Å². The highest BCUT2D eigenvalue weighted by Crippen LogP contribution is 2.34. The van der Waals surface area contributed by atoms with E-state index in [1.165, 1.54) is 80.7 Å². The van der Waals surface area contributed by atoms with E-state index in [-0.39, 0.29) is 5.97 Å². The molecule has 0 aliphatic heterocycles. The van der Waals surface area contributed by atoms with Gasteiger partial charge in [-0.25, -0.2) is 0 Å². The predicted octanol–water partition coefficient (Wildman–Crippen LogP) is 8.87. The minimum absolute atomic E-state index is 0.138. The lowest BCUT2D eigenvalue weighted by atomic mass is 9.83. The summed E-state index contributed by atoms with van der Waals surface area (Å²) in [6.07, 6.45) is 18.4. The van der Waals surface area contributed by atoms with Crippen molar-refractivity contribution < 1.29 is 9.53 Å². The minimum atomic E-state index is -0.138. The molecule has 0 fully saturated rings. The monoisotopic (exact) mass is 420 g/mol. The molecule has 2 nitrogen and oxygen atoms in total. The van der Waals surface area contributed by atoms with E-state index in [0.717, 1.165) is 24.1 Å². The molecule has 3 rings (SSSR count). The summed E-state index contributed by atoms with van der Waals surface area (Å²) < 4.78 is 5.49. The Morgan fingerprint density at radius 2 is 1.65 bits per heavy atom. The van der Waals surface area contributed by atoms with Gasteiger partial charge in [0.05, 0.1) is 0 Å². The molecule has 2 aromatic carbocycles. The zero-order valence-corrected chi connectivity index (χ0v) is 19.6. The molecular weight excluding hydrogens is 380 g/mol. The molecule has 0 radical (unpaired) electrons. The summed E-state index contributed by atoms with van der Waals surface area (Å²) >= 11 is 0. The fraction of sp³-hybridized carbons (Fsp3) is 0.552. The summed E-state index contributed by atoms with van der Waals surface area (Å²) in [6.45, 7) is 4.36. The van der Waals surface area contributed by atoms with Crippen molar-refractivity contribution in [2.45, 2.75) is 97.3 Å². The highest BCUT2D eigenvalue weighted by Gasteiger charge is 2.15. The van der Waals surface area contributed by atoms with Gasteiger partial charge in [0, 0.05) is 6.42 Å². The van der Waals surface area contributed by atoms with Gasteiger partial charge >= 0.3 is 5.97 Å². The van der Waals surface area contributed by atoms with Crippen LogP contribution in [0.25, 0.3) is 16.3 Å². The largest absolute Gasteiger partial charge is 0.427 e. The van der Waals surface area contributed by atoms with Crippen LogP contribution in [0.3, 0.4) is 0 Å². The summed E-state index contributed by atoms with van der Waals surface area (Å²) in [5, 5.41) is 2.34. The normalized spacial score (nSPS) is 16.3. The first-order valence-electron chi connectivity index (χ1n) is 12.6. The summed E-state index contributed by atoms with van der Waals surface area (Å²) in [7, 11) is 0. The first kappa shape index (κ1) is 23.6. The number of rotatable bonds is 12. The lowest BCUT2D eigenvalue weighted by molar-refractivity contribution is -0.134. The van der Waals surface area contributed by atoms with Gasteiger partial charge in [0.15, 0.2) is 0 Å². The van der Waals surface area contributed by atoms with Crippen molar-refractivity contribution in [2.75, 3.05) is 0 Å². The molecule has 2 aromatic rings. The molecule has 0 N–H and O–H groups in total. The third-order valence-corrected chi connectivity index (χ3v) is 6.63. The summed E-state index contributed by atoms with van der Waals surface area (Å²) in [4.78, 5) is 11.9. The van der Waals surface area contributed by atoms with Crippen molar-refractivity contribution >= 4 is 22.3 Å². The molecule has 2 heteroatoms. The molecule has 1 atom stereocenters. The lowest BCUT2D eigenvalue weighted by Crippen LogP contribution is -2.07. The standard InChI is InChI=1S/C29H40O2/c1-3-5-7-8-9-10-11-23-13-15-24(16-14-23)25-17-18-27-22-28(20-19-26(27)21-25)31-29(30)12-6-4-2/h15,17-23H,3-14,16H2,1-2H3. The summed E-state index contributed by atoms with van der Waals surface area (Å²) in [6, 6.07) is 12.7. The van der Waals surface area contributed by atoms with Crippen LogP contribution in [0.5, 0.6) is 5.75 Å². The van der Waals surface area contributed by atoms with Crippen molar-refractivity contribution in [3.8, 4) is 5.75 Å². The number of carbonyl (C=O) groups is 1. The third-order valence-electron chi connectivity index (χ3n) is 6.63. The fourth-order valence-electron chi connectivity index (χ4n) is 4.62. The Balaban J connectivity index is 1.53.